The van der Waals surface area contributed by atoms with Gasteiger partial charge in [0.05, 0.1) is 11.5 Å². The lowest BCUT2D eigenvalue weighted by Gasteiger charge is -2.18. The fourth-order valence-electron chi connectivity index (χ4n) is 1.97. The lowest BCUT2D eigenvalue weighted by atomic mass is 10.1. The predicted octanol–water partition coefficient (Wildman–Crippen LogP) is 4.26. The molecule has 0 radical (unpaired) electrons. The maximum Gasteiger partial charge on any atom is 0.293 e. The second-order valence-corrected chi connectivity index (χ2v) is 6.52. The summed E-state index contributed by atoms with van der Waals surface area (Å²) in [6.45, 7) is 1.96. The number of halogens is 1. The van der Waals surface area contributed by atoms with Gasteiger partial charge in [0.1, 0.15) is 5.69 Å². The normalized spacial score (nSPS) is 10.4. The summed E-state index contributed by atoms with van der Waals surface area (Å²) in [7, 11) is 1.80. The number of nitro benzene ring substituents is 1. The first-order valence-electron chi connectivity index (χ1n) is 6.12. The van der Waals surface area contributed by atoms with Crippen LogP contribution < -0.4 is 4.90 Å². The topological polar surface area (TPSA) is 63.5 Å². The Balaban J connectivity index is 2.33. The number of Topliss-reactive ketones (excluding diaryl/α,β-unsaturated/α-hetero) is 1. The maximum absolute atomic E-state index is 11.4. The Morgan fingerprint density at radius 1 is 1.43 bits per heavy atom. The highest BCUT2D eigenvalue weighted by Crippen LogP contribution is 2.31. The van der Waals surface area contributed by atoms with Gasteiger partial charge in [0.25, 0.3) is 5.69 Å². The van der Waals surface area contributed by atoms with Gasteiger partial charge in [-0.1, -0.05) is 0 Å². The minimum atomic E-state index is -0.456. The van der Waals surface area contributed by atoms with Crippen molar-refractivity contribution in [1.82, 2.24) is 0 Å². The largest absolute Gasteiger partial charge is 0.364 e. The number of benzene rings is 1. The number of rotatable bonds is 5. The summed E-state index contributed by atoms with van der Waals surface area (Å²) in [5.74, 6) is -0.186. The van der Waals surface area contributed by atoms with Crippen LogP contribution in [-0.4, -0.2) is 17.8 Å². The van der Waals surface area contributed by atoms with Crippen molar-refractivity contribution in [3.63, 3.8) is 0 Å². The number of carbonyl (C=O) groups excluding carboxylic acids is 1. The van der Waals surface area contributed by atoms with E-state index in [9.17, 15) is 14.9 Å². The smallest absolute Gasteiger partial charge is 0.293 e. The molecular formula is C14H13BrN2O3S. The molecule has 0 saturated carbocycles. The monoisotopic (exact) mass is 368 g/mol. The Bertz CT molecular complexity index is 699. The number of thiophene rings is 1. The highest BCUT2D eigenvalue weighted by Gasteiger charge is 2.19. The molecule has 2 aromatic rings. The van der Waals surface area contributed by atoms with Gasteiger partial charge in [-0.2, -0.15) is 0 Å². The fraction of sp³-hybridized carbons (Fsp3) is 0.214. The van der Waals surface area contributed by atoms with Crippen molar-refractivity contribution in [2.24, 2.45) is 0 Å². The van der Waals surface area contributed by atoms with Crippen molar-refractivity contribution in [1.29, 1.82) is 0 Å². The van der Waals surface area contributed by atoms with Gasteiger partial charge in [0.2, 0.25) is 0 Å². The number of anilines is 1. The highest BCUT2D eigenvalue weighted by molar-refractivity contribution is 9.10. The van der Waals surface area contributed by atoms with E-state index in [2.05, 4.69) is 15.9 Å². The lowest BCUT2D eigenvalue weighted by molar-refractivity contribution is -0.384. The van der Waals surface area contributed by atoms with Crippen LogP contribution in [0.3, 0.4) is 0 Å². The molecule has 0 atom stereocenters. The summed E-state index contributed by atoms with van der Waals surface area (Å²) in [6, 6.07) is 6.55. The molecule has 21 heavy (non-hydrogen) atoms. The van der Waals surface area contributed by atoms with Crippen molar-refractivity contribution in [3.8, 4) is 0 Å². The minimum Gasteiger partial charge on any atom is -0.364 e. The van der Waals surface area contributed by atoms with Crippen LogP contribution >= 0.6 is 27.3 Å². The van der Waals surface area contributed by atoms with Crippen LogP contribution in [0, 0.1) is 10.1 Å². The highest BCUT2D eigenvalue weighted by atomic mass is 79.9. The van der Waals surface area contributed by atoms with Crippen molar-refractivity contribution in [2.75, 3.05) is 11.9 Å². The molecule has 0 unspecified atom stereocenters. The van der Waals surface area contributed by atoms with E-state index in [1.165, 1.54) is 13.0 Å². The molecule has 0 aliphatic heterocycles. The summed E-state index contributed by atoms with van der Waals surface area (Å²) in [5.41, 5.74) is 0.785. The molecule has 0 fully saturated rings. The molecule has 2 rings (SSSR count). The molecule has 0 aliphatic carbocycles. The zero-order valence-electron chi connectivity index (χ0n) is 11.5. The Hall–Kier alpha value is -1.73. The summed E-state index contributed by atoms with van der Waals surface area (Å²) in [4.78, 5) is 25.0. The third-order valence-electron chi connectivity index (χ3n) is 3.00. The summed E-state index contributed by atoms with van der Waals surface area (Å²) in [6.07, 6.45) is 0. The first-order chi connectivity index (χ1) is 9.88. The molecule has 110 valence electrons. The van der Waals surface area contributed by atoms with Gasteiger partial charge in [0.15, 0.2) is 5.78 Å². The molecule has 7 heteroatoms. The van der Waals surface area contributed by atoms with Crippen molar-refractivity contribution < 1.29 is 9.72 Å². The zero-order chi connectivity index (χ0) is 15.6. The molecule has 5 nitrogen and oxygen atoms in total. The summed E-state index contributed by atoms with van der Waals surface area (Å²) in [5, 5.41) is 13.2. The van der Waals surface area contributed by atoms with Crippen LogP contribution in [0.15, 0.2) is 34.1 Å². The van der Waals surface area contributed by atoms with Crippen LogP contribution in [-0.2, 0) is 6.54 Å². The van der Waals surface area contributed by atoms with E-state index in [-0.39, 0.29) is 11.5 Å². The van der Waals surface area contributed by atoms with Gasteiger partial charge in [0, 0.05) is 33.4 Å². The minimum absolute atomic E-state index is 0.0548. The SMILES string of the molecule is CC(=O)c1ccc(N(C)Cc2cc(Br)cs2)c([N+](=O)[O-])c1. The number of nitro groups is 1. The Kier molecular flexibility index (Phi) is 4.74. The molecule has 0 N–H and O–H groups in total. The summed E-state index contributed by atoms with van der Waals surface area (Å²) >= 11 is 4.97. The van der Waals surface area contributed by atoms with E-state index < -0.39 is 4.92 Å². The predicted molar refractivity (Wildman–Crippen MR) is 87.2 cm³/mol. The van der Waals surface area contributed by atoms with Gasteiger partial charge in [-0.3, -0.25) is 14.9 Å². The quantitative estimate of drug-likeness (QED) is 0.449. The van der Waals surface area contributed by atoms with E-state index in [1.54, 1.807) is 35.4 Å². The molecule has 1 aromatic heterocycles. The van der Waals surface area contributed by atoms with E-state index in [1.807, 2.05) is 11.4 Å². The summed E-state index contributed by atoms with van der Waals surface area (Å²) < 4.78 is 0.998. The number of hydrogen-bond donors (Lipinski definition) is 0. The van der Waals surface area contributed by atoms with Crippen molar-refractivity contribution >= 4 is 44.4 Å². The molecule has 0 bridgehead atoms. The lowest BCUT2D eigenvalue weighted by Crippen LogP contribution is -2.17. The first kappa shape index (κ1) is 15.7. The van der Waals surface area contributed by atoms with E-state index in [4.69, 9.17) is 0 Å². The van der Waals surface area contributed by atoms with Crippen LogP contribution in [0.2, 0.25) is 0 Å². The van der Waals surface area contributed by atoms with Crippen LogP contribution in [0.4, 0.5) is 11.4 Å². The molecule has 1 aromatic carbocycles. The average molecular weight is 369 g/mol. The molecular weight excluding hydrogens is 356 g/mol. The van der Waals surface area contributed by atoms with Crippen LogP contribution in [0.1, 0.15) is 22.2 Å². The Labute approximate surface area is 134 Å². The molecule has 0 spiro atoms. The van der Waals surface area contributed by atoms with E-state index >= 15 is 0 Å². The number of ketones is 1. The maximum atomic E-state index is 11.4. The van der Waals surface area contributed by atoms with Crippen LogP contribution in [0.5, 0.6) is 0 Å². The van der Waals surface area contributed by atoms with Gasteiger partial charge in [-0.05, 0) is 41.1 Å². The average Bonchev–Trinajstić information content (AvgIpc) is 2.83. The second kappa shape index (κ2) is 6.36. The van der Waals surface area contributed by atoms with Gasteiger partial charge in [-0.15, -0.1) is 11.3 Å². The third kappa shape index (κ3) is 3.68. The van der Waals surface area contributed by atoms with Gasteiger partial charge < -0.3 is 4.90 Å². The molecule has 1 heterocycles. The molecule has 0 amide bonds. The fourth-order valence-corrected chi connectivity index (χ4v) is 3.47. The molecule has 0 saturated heterocycles. The second-order valence-electron chi connectivity index (χ2n) is 4.60. The van der Waals surface area contributed by atoms with Crippen molar-refractivity contribution in [3.05, 3.63) is 54.7 Å². The number of hydrogen-bond acceptors (Lipinski definition) is 5. The van der Waals surface area contributed by atoms with E-state index in [0.717, 1.165) is 9.35 Å². The number of carbonyl (C=O) groups is 1. The Morgan fingerprint density at radius 2 is 2.14 bits per heavy atom. The third-order valence-corrected chi connectivity index (χ3v) is 4.69. The molecule has 0 aliphatic rings. The van der Waals surface area contributed by atoms with Gasteiger partial charge >= 0.3 is 0 Å². The first-order valence-corrected chi connectivity index (χ1v) is 7.79. The van der Waals surface area contributed by atoms with Crippen molar-refractivity contribution in [2.45, 2.75) is 13.5 Å². The van der Waals surface area contributed by atoms with Gasteiger partial charge in [-0.25, -0.2) is 0 Å². The van der Waals surface area contributed by atoms with Crippen LogP contribution in [0.25, 0.3) is 0 Å². The number of nitrogens with zero attached hydrogens (tertiary/aromatic N) is 2. The standard InChI is InChI=1S/C14H13BrN2O3S/c1-9(18)10-3-4-13(14(5-10)17(19)20)16(2)7-12-6-11(15)8-21-12/h3-6,8H,7H2,1-2H3. The zero-order valence-corrected chi connectivity index (χ0v) is 13.9. The van der Waals surface area contributed by atoms with E-state index in [0.29, 0.717) is 17.8 Å². The Morgan fingerprint density at radius 3 is 2.67 bits per heavy atom.